The number of aromatic amines is 1. The van der Waals surface area contributed by atoms with Crippen molar-refractivity contribution in [2.45, 2.75) is 39.6 Å². The minimum absolute atomic E-state index is 0.106. The predicted octanol–water partition coefficient (Wildman–Crippen LogP) is 4.60. The molecule has 8 heteroatoms. The second-order valence-electron chi connectivity index (χ2n) is 5.88. The third-order valence-corrected chi connectivity index (χ3v) is 6.18. The van der Waals surface area contributed by atoms with Gasteiger partial charge in [-0.1, -0.05) is 11.6 Å². The lowest BCUT2D eigenvalue weighted by Crippen LogP contribution is -2.26. The number of carbonyl (C=O) groups is 3. The van der Waals surface area contributed by atoms with Crippen molar-refractivity contribution in [2.75, 3.05) is 5.75 Å². The summed E-state index contributed by atoms with van der Waals surface area (Å²) in [6.07, 6.45) is -0.921. The van der Waals surface area contributed by atoms with Crippen molar-refractivity contribution in [3.05, 3.63) is 43.9 Å². The number of esters is 1. The maximum atomic E-state index is 12.5. The Labute approximate surface area is 165 Å². The van der Waals surface area contributed by atoms with E-state index in [1.807, 2.05) is 12.1 Å². The number of carbonyl (C=O) groups excluding carboxylic acids is 3. The molecule has 2 aromatic rings. The van der Waals surface area contributed by atoms with E-state index in [9.17, 15) is 14.4 Å². The van der Waals surface area contributed by atoms with E-state index in [0.29, 0.717) is 32.6 Å². The summed E-state index contributed by atoms with van der Waals surface area (Å²) in [6.45, 7) is 6.44. The number of hydrogen-bond donors (Lipinski definition) is 1. The zero-order valence-electron chi connectivity index (χ0n) is 15.0. The number of hydrogen-bond acceptors (Lipinski definition) is 6. The van der Waals surface area contributed by atoms with E-state index in [2.05, 4.69) is 4.98 Å². The Morgan fingerprint density at radius 1 is 1.31 bits per heavy atom. The summed E-state index contributed by atoms with van der Waals surface area (Å²) >= 11 is 8.74. The molecule has 0 unspecified atom stereocenters. The predicted molar refractivity (Wildman–Crippen MR) is 106 cm³/mol. The van der Waals surface area contributed by atoms with Crippen molar-refractivity contribution >= 4 is 52.2 Å². The third kappa shape index (κ3) is 4.99. The van der Waals surface area contributed by atoms with E-state index in [-0.39, 0.29) is 17.3 Å². The number of halogens is 1. The summed E-state index contributed by atoms with van der Waals surface area (Å²) in [5.74, 6) is -0.0990. The average Bonchev–Trinajstić information content (AvgIpc) is 3.09. The van der Waals surface area contributed by atoms with Gasteiger partial charge in [0.1, 0.15) is 0 Å². The van der Waals surface area contributed by atoms with Gasteiger partial charge in [-0.3, -0.25) is 14.4 Å². The van der Waals surface area contributed by atoms with Gasteiger partial charge < -0.3 is 9.72 Å². The Hall–Kier alpha value is -1.57. The highest BCUT2D eigenvalue weighted by molar-refractivity contribution is 7.99. The largest absolute Gasteiger partial charge is 0.454 e. The SMILES string of the molecule is CC(=O)c1c(C)[nH]c(C(=O)[C@H](C)OC(=O)CSCc2ccc(Cl)s2)c1C. The average molecular weight is 414 g/mol. The fourth-order valence-corrected chi connectivity index (χ4v) is 4.68. The zero-order chi connectivity index (χ0) is 19.4. The Morgan fingerprint density at radius 2 is 2.00 bits per heavy atom. The van der Waals surface area contributed by atoms with Crippen LogP contribution in [0.1, 0.15) is 50.8 Å². The van der Waals surface area contributed by atoms with Crippen LogP contribution in [0.25, 0.3) is 0 Å². The molecule has 0 amide bonds. The van der Waals surface area contributed by atoms with Gasteiger partial charge in [-0.2, -0.15) is 0 Å². The first kappa shape index (κ1) is 20.7. The molecule has 1 atom stereocenters. The van der Waals surface area contributed by atoms with Gasteiger partial charge in [0, 0.05) is 21.9 Å². The maximum absolute atomic E-state index is 12.5. The third-order valence-electron chi connectivity index (χ3n) is 3.81. The minimum atomic E-state index is -0.921. The summed E-state index contributed by atoms with van der Waals surface area (Å²) < 4.78 is 5.95. The highest BCUT2D eigenvalue weighted by Gasteiger charge is 2.25. The second-order valence-corrected chi connectivity index (χ2v) is 8.66. The van der Waals surface area contributed by atoms with Crippen molar-refractivity contribution in [2.24, 2.45) is 0 Å². The van der Waals surface area contributed by atoms with Crippen LogP contribution < -0.4 is 0 Å². The van der Waals surface area contributed by atoms with Crippen molar-refractivity contribution in [1.82, 2.24) is 4.98 Å². The van der Waals surface area contributed by atoms with E-state index < -0.39 is 12.1 Å². The van der Waals surface area contributed by atoms with Crippen molar-refractivity contribution in [3.63, 3.8) is 0 Å². The summed E-state index contributed by atoms with van der Waals surface area (Å²) in [7, 11) is 0. The Balaban J connectivity index is 1.91. The lowest BCUT2D eigenvalue weighted by Gasteiger charge is -2.12. The number of aryl methyl sites for hydroxylation is 1. The van der Waals surface area contributed by atoms with Crippen LogP contribution in [0.5, 0.6) is 0 Å². The molecule has 2 aromatic heterocycles. The number of thiophene rings is 1. The van der Waals surface area contributed by atoms with E-state index in [1.165, 1.54) is 36.9 Å². The Morgan fingerprint density at radius 3 is 2.54 bits per heavy atom. The molecular weight excluding hydrogens is 394 g/mol. The number of H-pyrrole nitrogens is 1. The minimum Gasteiger partial charge on any atom is -0.454 e. The van der Waals surface area contributed by atoms with Crippen molar-refractivity contribution in [3.8, 4) is 0 Å². The molecule has 0 saturated carbocycles. The Kier molecular flexibility index (Phi) is 7.08. The first-order valence-corrected chi connectivity index (χ1v) is 10.3. The first-order chi connectivity index (χ1) is 12.2. The number of rotatable bonds is 8. The molecule has 0 aliphatic rings. The van der Waals surface area contributed by atoms with Crippen LogP contribution in [0.3, 0.4) is 0 Å². The normalized spacial score (nSPS) is 12.0. The molecule has 140 valence electrons. The molecule has 0 radical (unpaired) electrons. The molecule has 0 spiro atoms. The summed E-state index contributed by atoms with van der Waals surface area (Å²) in [6, 6.07) is 3.73. The van der Waals surface area contributed by atoms with Crippen LogP contribution in [0.4, 0.5) is 0 Å². The van der Waals surface area contributed by atoms with Crippen molar-refractivity contribution in [1.29, 1.82) is 0 Å². The summed E-state index contributed by atoms with van der Waals surface area (Å²) in [5, 5.41) is 0. The molecule has 2 rings (SSSR count). The van der Waals surface area contributed by atoms with Crippen LogP contribution in [0.15, 0.2) is 12.1 Å². The van der Waals surface area contributed by atoms with Gasteiger partial charge in [0.15, 0.2) is 11.9 Å². The van der Waals surface area contributed by atoms with Crippen LogP contribution >= 0.6 is 34.7 Å². The van der Waals surface area contributed by atoms with E-state index in [4.69, 9.17) is 16.3 Å². The number of Topliss-reactive ketones (excluding diaryl/α,β-unsaturated/α-hetero) is 2. The molecule has 0 aliphatic heterocycles. The van der Waals surface area contributed by atoms with Gasteiger partial charge in [0.2, 0.25) is 5.78 Å². The Bertz CT molecular complexity index is 840. The lowest BCUT2D eigenvalue weighted by molar-refractivity contribution is -0.143. The van der Waals surface area contributed by atoms with Gasteiger partial charge in [-0.25, -0.2) is 0 Å². The number of ketones is 2. The summed E-state index contributed by atoms with van der Waals surface area (Å²) in [5.41, 5.74) is 2.06. The van der Waals surface area contributed by atoms with Crippen LogP contribution in [-0.4, -0.2) is 34.4 Å². The van der Waals surface area contributed by atoms with Gasteiger partial charge in [-0.15, -0.1) is 23.1 Å². The van der Waals surface area contributed by atoms with Gasteiger partial charge in [0.25, 0.3) is 0 Å². The topological polar surface area (TPSA) is 76.2 Å². The van der Waals surface area contributed by atoms with Gasteiger partial charge >= 0.3 is 5.97 Å². The maximum Gasteiger partial charge on any atom is 0.316 e. The molecule has 26 heavy (non-hydrogen) atoms. The molecule has 0 aromatic carbocycles. The molecule has 5 nitrogen and oxygen atoms in total. The molecule has 2 heterocycles. The van der Waals surface area contributed by atoms with Crippen molar-refractivity contribution < 1.29 is 19.1 Å². The van der Waals surface area contributed by atoms with Crippen LogP contribution in [0, 0.1) is 13.8 Å². The monoisotopic (exact) mass is 413 g/mol. The highest BCUT2D eigenvalue weighted by Crippen LogP contribution is 2.25. The molecule has 0 aliphatic carbocycles. The van der Waals surface area contributed by atoms with Gasteiger partial charge in [-0.05, 0) is 45.4 Å². The molecule has 1 N–H and O–H groups in total. The summed E-state index contributed by atoms with van der Waals surface area (Å²) in [4.78, 5) is 40.2. The first-order valence-electron chi connectivity index (χ1n) is 7.96. The molecule has 0 bridgehead atoms. The molecule has 0 saturated heterocycles. The van der Waals surface area contributed by atoms with Crippen LogP contribution in [0.2, 0.25) is 4.34 Å². The quantitative estimate of drug-likeness (QED) is 0.505. The lowest BCUT2D eigenvalue weighted by atomic mass is 10.0. The number of aromatic nitrogens is 1. The van der Waals surface area contributed by atoms with Gasteiger partial charge in [0.05, 0.1) is 15.8 Å². The second kappa shape index (κ2) is 8.88. The number of thioether (sulfide) groups is 1. The highest BCUT2D eigenvalue weighted by atomic mass is 35.5. The smallest absolute Gasteiger partial charge is 0.316 e. The van der Waals surface area contributed by atoms with E-state index >= 15 is 0 Å². The van der Waals surface area contributed by atoms with E-state index in [0.717, 1.165) is 4.88 Å². The molecular formula is C18H20ClNO4S2. The van der Waals surface area contributed by atoms with Crippen LogP contribution in [-0.2, 0) is 15.3 Å². The number of nitrogens with one attached hydrogen (secondary N) is 1. The fourth-order valence-electron chi connectivity index (χ4n) is 2.68. The van der Waals surface area contributed by atoms with E-state index in [1.54, 1.807) is 13.8 Å². The number of ether oxygens (including phenoxy) is 1. The fraction of sp³-hybridized carbons (Fsp3) is 0.389. The zero-order valence-corrected chi connectivity index (χ0v) is 17.4. The molecule has 0 fully saturated rings. The standard InChI is InChI=1S/C18H20ClNO4S2/c1-9-16(11(3)21)10(2)20-17(9)18(23)12(4)24-15(22)8-25-7-13-5-6-14(19)26-13/h5-6,12,20H,7-8H2,1-4H3/t12-/m0/s1.